The molecule has 4 heteroatoms. The van der Waals surface area contributed by atoms with E-state index in [1.165, 1.54) is 4.88 Å². The predicted molar refractivity (Wildman–Crippen MR) is 75.3 cm³/mol. The van der Waals surface area contributed by atoms with Crippen LogP contribution in [-0.2, 0) is 6.42 Å². The molecule has 0 aliphatic rings. The first kappa shape index (κ1) is 13.0. The van der Waals surface area contributed by atoms with Crippen molar-refractivity contribution in [2.24, 2.45) is 0 Å². The third kappa shape index (κ3) is 2.38. The second-order valence-corrected chi connectivity index (χ2v) is 5.58. The van der Waals surface area contributed by atoms with Crippen LogP contribution in [0.5, 0.6) is 0 Å². The highest BCUT2D eigenvalue weighted by Gasteiger charge is 2.14. The maximum Gasteiger partial charge on any atom is 0.153 e. The van der Waals surface area contributed by atoms with Crippen molar-refractivity contribution in [3.8, 4) is 10.6 Å². The first-order chi connectivity index (χ1) is 8.69. The monoisotopic (exact) mass is 262 g/mol. The van der Waals surface area contributed by atoms with Gasteiger partial charge in [-0.25, -0.2) is 0 Å². The Morgan fingerprint density at radius 1 is 1.44 bits per heavy atom. The minimum Gasteiger partial charge on any atom is -0.298 e. The minimum atomic E-state index is 0.322. The third-order valence-corrected chi connectivity index (χ3v) is 4.41. The predicted octanol–water partition coefficient (Wildman–Crippen LogP) is 3.96. The van der Waals surface area contributed by atoms with Crippen molar-refractivity contribution in [1.29, 1.82) is 0 Å². The molecule has 0 saturated heterocycles. The maximum atomic E-state index is 11.2. The van der Waals surface area contributed by atoms with Crippen LogP contribution in [-0.4, -0.2) is 16.1 Å². The van der Waals surface area contributed by atoms with Crippen molar-refractivity contribution < 1.29 is 4.79 Å². The second kappa shape index (κ2) is 5.48. The summed E-state index contributed by atoms with van der Waals surface area (Å²) in [6.07, 6.45) is 4.77. The van der Waals surface area contributed by atoms with Gasteiger partial charge < -0.3 is 0 Å². The van der Waals surface area contributed by atoms with Crippen LogP contribution >= 0.6 is 11.3 Å². The number of nitrogens with zero attached hydrogens (tertiary/aromatic N) is 2. The van der Waals surface area contributed by atoms with Crippen molar-refractivity contribution in [1.82, 2.24) is 9.78 Å². The molecule has 2 aromatic heterocycles. The van der Waals surface area contributed by atoms with Crippen LogP contribution in [0.1, 0.15) is 48.5 Å². The molecule has 1 unspecified atom stereocenters. The van der Waals surface area contributed by atoms with Gasteiger partial charge in [-0.15, -0.1) is 11.3 Å². The fourth-order valence-corrected chi connectivity index (χ4v) is 2.75. The zero-order chi connectivity index (χ0) is 13.1. The van der Waals surface area contributed by atoms with Gasteiger partial charge in [-0.3, -0.25) is 9.48 Å². The van der Waals surface area contributed by atoms with Gasteiger partial charge in [0.2, 0.25) is 0 Å². The first-order valence-electron chi connectivity index (χ1n) is 6.33. The summed E-state index contributed by atoms with van der Waals surface area (Å²) in [5.41, 5.74) is 1.50. The lowest BCUT2D eigenvalue weighted by Gasteiger charge is -2.07. The molecule has 0 amide bonds. The fourth-order valence-electron chi connectivity index (χ4n) is 1.79. The van der Waals surface area contributed by atoms with Gasteiger partial charge in [-0.2, -0.15) is 5.10 Å². The van der Waals surface area contributed by atoms with Crippen molar-refractivity contribution in [3.63, 3.8) is 0 Å². The van der Waals surface area contributed by atoms with Crippen LogP contribution in [0, 0.1) is 0 Å². The highest BCUT2D eigenvalue weighted by atomic mass is 32.1. The number of aldehydes is 1. The summed E-state index contributed by atoms with van der Waals surface area (Å²) in [7, 11) is 0. The van der Waals surface area contributed by atoms with Gasteiger partial charge >= 0.3 is 0 Å². The van der Waals surface area contributed by atoms with E-state index in [0.717, 1.165) is 29.7 Å². The molecule has 0 saturated carbocycles. The van der Waals surface area contributed by atoms with E-state index in [1.807, 2.05) is 10.9 Å². The van der Waals surface area contributed by atoms with Crippen LogP contribution in [0.2, 0.25) is 0 Å². The molecule has 2 rings (SSSR count). The lowest BCUT2D eigenvalue weighted by molar-refractivity contribution is 0.112. The lowest BCUT2D eigenvalue weighted by Crippen LogP contribution is -2.03. The molecule has 2 aromatic rings. The summed E-state index contributed by atoms with van der Waals surface area (Å²) >= 11 is 1.71. The molecule has 0 radical (unpaired) electrons. The average molecular weight is 262 g/mol. The normalized spacial score (nSPS) is 12.6. The Hall–Kier alpha value is -1.42. The van der Waals surface area contributed by atoms with Crippen molar-refractivity contribution >= 4 is 17.6 Å². The van der Waals surface area contributed by atoms with Crippen molar-refractivity contribution in [3.05, 3.63) is 28.8 Å². The van der Waals surface area contributed by atoms with E-state index in [4.69, 9.17) is 0 Å². The molecule has 96 valence electrons. The van der Waals surface area contributed by atoms with Gasteiger partial charge in [0.1, 0.15) is 5.69 Å². The number of hydrogen-bond acceptors (Lipinski definition) is 3. The molecular formula is C14H18N2OS. The number of hydrogen-bond donors (Lipinski definition) is 0. The third-order valence-electron chi connectivity index (χ3n) is 3.17. The van der Waals surface area contributed by atoms with Crippen LogP contribution in [0.25, 0.3) is 10.6 Å². The number of carbonyl (C=O) groups is 1. The number of thiophene rings is 1. The van der Waals surface area contributed by atoms with Gasteiger partial charge in [0.25, 0.3) is 0 Å². The second-order valence-electron chi connectivity index (χ2n) is 4.41. The van der Waals surface area contributed by atoms with E-state index in [-0.39, 0.29) is 0 Å². The van der Waals surface area contributed by atoms with Crippen LogP contribution in [0.3, 0.4) is 0 Å². The van der Waals surface area contributed by atoms with E-state index in [0.29, 0.717) is 11.6 Å². The van der Waals surface area contributed by atoms with Gasteiger partial charge in [0.15, 0.2) is 6.29 Å². The summed E-state index contributed by atoms with van der Waals surface area (Å²) in [5.74, 6) is 0. The van der Waals surface area contributed by atoms with Gasteiger partial charge in [0.05, 0.1) is 10.4 Å². The first-order valence-corrected chi connectivity index (χ1v) is 7.14. The molecule has 0 fully saturated rings. The van der Waals surface area contributed by atoms with E-state index in [9.17, 15) is 4.79 Å². The summed E-state index contributed by atoms with van der Waals surface area (Å²) < 4.78 is 1.89. The quantitative estimate of drug-likeness (QED) is 0.764. The average Bonchev–Trinajstić information content (AvgIpc) is 3.03. The number of aromatic nitrogens is 2. The van der Waals surface area contributed by atoms with E-state index < -0.39 is 0 Å². The molecular weight excluding hydrogens is 244 g/mol. The summed E-state index contributed by atoms with van der Waals surface area (Å²) in [6, 6.07) is 4.49. The Bertz CT molecular complexity index is 542. The Labute approximate surface area is 111 Å². The van der Waals surface area contributed by atoms with E-state index >= 15 is 0 Å². The molecule has 0 N–H and O–H groups in total. The highest BCUT2D eigenvalue weighted by molar-refractivity contribution is 7.15. The number of aryl methyl sites for hydroxylation is 1. The number of carbonyl (C=O) groups excluding carboxylic acids is 1. The molecule has 0 bridgehead atoms. The Morgan fingerprint density at radius 2 is 2.22 bits per heavy atom. The molecule has 2 heterocycles. The highest BCUT2D eigenvalue weighted by Crippen LogP contribution is 2.30. The van der Waals surface area contributed by atoms with Crippen molar-refractivity contribution in [2.75, 3.05) is 0 Å². The standard InChI is InChI=1S/C14H18N2OS/c1-4-10(3)16-8-11(9-17)14(15-16)13-7-6-12(5-2)18-13/h6-10H,4-5H2,1-3H3. The Morgan fingerprint density at radius 3 is 2.78 bits per heavy atom. The summed E-state index contributed by atoms with van der Waals surface area (Å²) in [4.78, 5) is 13.6. The van der Waals surface area contributed by atoms with Crippen LogP contribution in [0.4, 0.5) is 0 Å². The van der Waals surface area contributed by atoms with E-state index in [1.54, 1.807) is 11.3 Å². The Kier molecular flexibility index (Phi) is 3.97. The summed E-state index contributed by atoms with van der Waals surface area (Å²) in [6.45, 7) is 6.36. The van der Waals surface area contributed by atoms with Gasteiger partial charge in [-0.1, -0.05) is 13.8 Å². The molecule has 1 atom stereocenters. The largest absolute Gasteiger partial charge is 0.298 e. The topological polar surface area (TPSA) is 34.9 Å². The smallest absolute Gasteiger partial charge is 0.153 e. The molecule has 0 aromatic carbocycles. The van der Waals surface area contributed by atoms with Crippen LogP contribution in [0.15, 0.2) is 18.3 Å². The zero-order valence-corrected chi connectivity index (χ0v) is 11.8. The molecule has 18 heavy (non-hydrogen) atoms. The van der Waals surface area contributed by atoms with Gasteiger partial charge in [0, 0.05) is 17.1 Å². The van der Waals surface area contributed by atoms with Crippen molar-refractivity contribution in [2.45, 2.75) is 39.7 Å². The molecule has 3 nitrogen and oxygen atoms in total. The summed E-state index contributed by atoms with van der Waals surface area (Å²) in [5, 5.41) is 4.57. The fraction of sp³-hybridized carbons (Fsp3) is 0.429. The molecule has 0 aliphatic carbocycles. The molecule has 0 aliphatic heterocycles. The lowest BCUT2D eigenvalue weighted by atomic mass is 10.2. The molecule has 0 spiro atoms. The van der Waals surface area contributed by atoms with Gasteiger partial charge in [-0.05, 0) is 31.9 Å². The van der Waals surface area contributed by atoms with Crippen LogP contribution < -0.4 is 0 Å². The Balaban J connectivity index is 2.42. The maximum absolute atomic E-state index is 11.2. The zero-order valence-electron chi connectivity index (χ0n) is 11.0. The SMILES string of the molecule is CCc1ccc(-c2nn(C(C)CC)cc2C=O)s1. The minimum absolute atomic E-state index is 0.322. The van der Waals surface area contributed by atoms with E-state index in [2.05, 4.69) is 38.0 Å². The number of rotatable bonds is 5.